The molecule has 0 bridgehead atoms. The van der Waals surface area contributed by atoms with Crippen molar-refractivity contribution >= 4 is 28.7 Å². The lowest BCUT2D eigenvalue weighted by atomic mass is 10.2. The molecule has 7 heteroatoms. The van der Waals surface area contributed by atoms with E-state index in [4.69, 9.17) is 4.98 Å². The number of aromatic nitrogens is 1. The number of nitrogens with zero attached hydrogens (tertiary/aromatic N) is 2. The molecule has 0 spiro atoms. The van der Waals surface area contributed by atoms with Gasteiger partial charge in [-0.2, -0.15) is 0 Å². The Bertz CT molecular complexity index is 723. The molecule has 1 fully saturated rings. The zero-order valence-corrected chi connectivity index (χ0v) is 13.0. The first kappa shape index (κ1) is 17.4. The molecule has 1 aliphatic heterocycles. The number of hydrogen-bond donors (Lipinski definition) is 1. The number of carboxylic acid groups (broad SMARTS) is 2. The van der Waals surface area contributed by atoms with Crippen LogP contribution >= 0.6 is 0 Å². The van der Waals surface area contributed by atoms with Gasteiger partial charge in [-0.25, -0.2) is 4.98 Å². The lowest BCUT2D eigenvalue weighted by molar-refractivity contribution is -0.301. The van der Waals surface area contributed by atoms with Gasteiger partial charge in [-0.15, -0.1) is 0 Å². The summed E-state index contributed by atoms with van der Waals surface area (Å²) in [6.07, 6.45) is 0.769. The van der Waals surface area contributed by atoms with Gasteiger partial charge in [-0.1, -0.05) is 18.2 Å². The second-order valence-corrected chi connectivity index (χ2v) is 5.07. The molecule has 0 amide bonds. The Morgan fingerprint density at radius 3 is 2.25 bits per heavy atom. The molecule has 0 radical (unpaired) electrons. The van der Waals surface area contributed by atoms with E-state index in [1.54, 1.807) is 0 Å². The minimum Gasteiger partial charge on any atom is -0.545 e. The quantitative estimate of drug-likeness (QED) is 0.697. The summed E-state index contributed by atoms with van der Waals surface area (Å²) in [6, 6.07) is 12.5. The fourth-order valence-corrected chi connectivity index (χ4v) is 2.26. The molecule has 2 aromatic rings. The van der Waals surface area contributed by atoms with Crippen molar-refractivity contribution in [2.24, 2.45) is 0 Å². The minimum absolute atomic E-state index is 0.384. The number of pyridine rings is 1. The molecule has 2 heterocycles. The van der Waals surface area contributed by atoms with E-state index in [2.05, 4.69) is 40.5 Å². The second-order valence-electron chi connectivity index (χ2n) is 5.07. The first-order valence-corrected chi connectivity index (χ1v) is 7.48. The van der Waals surface area contributed by atoms with Crippen molar-refractivity contribution in [3.63, 3.8) is 0 Å². The van der Waals surface area contributed by atoms with Gasteiger partial charge in [0, 0.05) is 31.6 Å². The third kappa shape index (κ3) is 5.36. The third-order valence-electron chi connectivity index (χ3n) is 3.38. The number of carboxylic acids is 2. The van der Waals surface area contributed by atoms with Crippen molar-refractivity contribution in [1.82, 2.24) is 10.3 Å². The highest BCUT2D eigenvalue weighted by Gasteiger charge is 2.11. The molecule has 1 aliphatic rings. The van der Waals surface area contributed by atoms with Crippen molar-refractivity contribution in [2.45, 2.75) is 0 Å². The number of piperazine rings is 1. The molecule has 1 aromatic heterocycles. The number of fused-ring (bicyclic) bond motifs is 1. The average Bonchev–Trinajstić information content (AvgIpc) is 2.61. The predicted molar refractivity (Wildman–Crippen MR) is 86.0 cm³/mol. The third-order valence-corrected chi connectivity index (χ3v) is 3.38. The summed E-state index contributed by atoms with van der Waals surface area (Å²) >= 11 is 0. The first-order chi connectivity index (χ1) is 11.6. The molecule has 1 aromatic carbocycles. The SMILES string of the molecule is O=C([O-])C=CC(=O)[O-].c1ccc2nc(N3CCNCC3)ccc2c1. The van der Waals surface area contributed by atoms with Crippen LogP contribution in [-0.2, 0) is 9.59 Å². The predicted octanol–water partition coefficient (Wildman–Crippen LogP) is -1.31. The van der Waals surface area contributed by atoms with Crippen LogP contribution in [0.3, 0.4) is 0 Å². The van der Waals surface area contributed by atoms with Crippen LogP contribution < -0.4 is 20.4 Å². The molecule has 3 rings (SSSR count). The van der Waals surface area contributed by atoms with Gasteiger partial charge in [-0.3, -0.25) is 0 Å². The van der Waals surface area contributed by atoms with Crippen molar-refractivity contribution < 1.29 is 19.8 Å². The maximum absolute atomic E-state index is 9.41. The minimum atomic E-state index is -1.55. The zero-order valence-electron chi connectivity index (χ0n) is 13.0. The smallest absolute Gasteiger partial charge is 0.129 e. The number of para-hydroxylation sites is 1. The van der Waals surface area contributed by atoms with Gasteiger partial charge in [0.15, 0.2) is 0 Å². The summed E-state index contributed by atoms with van der Waals surface area (Å²) in [5.41, 5.74) is 1.08. The van der Waals surface area contributed by atoms with E-state index in [1.165, 1.54) is 5.39 Å². The van der Waals surface area contributed by atoms with Crippen LogP contribution in [0.15, 0.2) is 48.6 Å². The maximum atomic E-state index is 9.41. The second kappa shape index (κ2) is 8.64. The molecule has 0 atom stereocenters. The molecule has 126 valence electrons. The number of aliphatic carboxylic acids is 2. The highest BCUT2D eigenvalue weighted by Crippen LogP contribution is 2.17. The van der Waals surface area contributed by atoms with Crippen molar-refractivity contribution in [3.8, 4) is 0 Å². The lowest BCUT2D eigenvalue weighted by Gasteiger charge is -2.28. The summed E-state index contributed by atoms with van der Waals surface area (Å²) in [7, 11) is 0. The van der Waals surface area contributed by atoms with Crippen LogP contribution in [-0.4, -0.2) is 43.1 Å². The van der Waals surface area contributed by atoms with Gasteiger partial charge in [0.05, 0.1) is 17.5 Å². The van der Waals surface area contributed by atoms with E-state index in [0.29, 0.717) is 12.2 Å². The molecule has 1 saturated heterocycles. The highest BCUT2D eigenvalue weighted by atomic mass is 16.4. The van der Waals surface area contributed by atoms with Crippen LogP contribution in [0.2, 0.25) is 0 Å². The topological polar surface area (TPSA) is 108 Å². The first-order valence-electron chi connectivity index (χ1n) is 7.48. The molecule has 7 nitrogen and oxygen atoms in total. The Kier molecular flexibility index (Phi) is 6.27. The number of benzene rings is 1. The van der Waals surface area contributed by atoms with Crippen molar-refractivity contribution in [2.75, 3.05) is 31.1 Å². The maximum Gasteiger partial charge on any atom is 0.129 e. The average molecular weight is 327 g/mol. The van der Waals surface area contributed by atoms with Crippen LogP contribution in [0.4, 0.5) is 5.82 Å². The van der Waals surface area contributed by atoms with E-state index < -0.39 is 11.9 Å². The summed E-state index contributed by atoms with van der Waals surface area (Å²) in [4.78, 5) is 25.9. The fraction of sp³-hybridized carbons (Fsp3) is 0.235. The fourth-order valence-electron chi connectivity index (χ4n) is 2.26. The number of hydrogen-bond acceptors (Lipinski definition) is 7. The number of nitrogens with one attached hydrogen (secondary N) is 1. The Hall–Kier alpha value is -2.93. The molecule has 0 unspecified atom stereocenters. The molecule has 0 aliphatic carbocycles. The van der Waals surface area contributed by atoms with Gasteiger partial charge < -0.3 is 30.0 Å². The molecule has 1 N–H and O–H groups in total. The van der Waals surface area contributed by atoms with Gasteiger partial charge in [0.25, 0.3) is 0 Å². The van der Waals surface area contributed by atoms with E-state index in [1.807, 2.05) is 6.07 Å². The van der Waals surface area contributed by atoms with Crippen molar-refractivity contribution in [3.05, 3.63) is 48.6 Å². The van der Waals surface area contributed by atoms with Crippen LogP contribution in [0, 0.1) is 0 Å². The van der Waals surface area contributed by atoms with E-state index in [-0.39, 0.29) is 0 Å². The van der Waals surface area contributed by atoms with Gasteiger partial charge >= 0.3 is 0 Å². The monoisotopic (exact) mass is 327 g/mol. The lowest BCUT2D eigenvalue weighted by Crippen LogP contribution is -2.43. The Morgan fingerprint density at radius 1 is 1.00 bits per heavy atom. The van der Waals surface area contributed by atoms with Gasteiger partial charge in [-0.05, 0) is 30.4 Å². The summed E-state index contributed by atoms with van der Waals surface area (Å²) in [6.45, 7) is 4.19. The van der Waals surface area contributed by atoms with Gasteiger partial charge in [0.2, 0.25) is 0 Å². The van der Waals surface area contributed by atoms with Crippen molar-refractivity contribution in [1.29, 1.82) is 0 Å². The number of anilines is 1. The number of carbonyl (C=O) groups is 2. The van der Waals surface area contributed by atoms with Gasteiger partial charge in [0.1, 0.15) is 5.82 Å². The summed E-state index contributed by atoms with van der Waals surface area (Å²) < 4.78 is 0. The highest BCUT2D eigenvalue weighted by molar-refractivity contribution is 5.87. The summed E-state index contributed by atoms with van der Waals surface area (Å²) in [5, 5.41) is 23.4. The van der Waals surface area contributed by atoms with E-state index >= 15 is 0 Å². The number of carbonyl (C=O) groups excluding carboxylic acids is 2. The van der Waals surface area contributed by atoms with E-state index in [9.17, 15) is 19.8 Å². The Labute approximate surface area is 139 Å². The Balaban J connectivity index is 0.000000224. The summed E-state index contributed by atoms with van der Waals surface area (Å²) in [5.74, 6) is -2.00. The molecular weight excluding hydrogens is 310 g/mol. The molecular formula is C17H17N3O4-2. The molecule has 24 heavy (non-hydrogen) atoms. The standard InChI is InChI=1S/C13H15N3.C4H4O4/c1-2-4-12-11(3-1)5-6-13(15-12)16-9-7-14-8-10-16;5-3(6)1-2-4(7)8/h1-6,14H,7-10H2;1-2H,(H,5,6)(H,7,8)/p-2. The van der Waals surface area contributed by atoms with Crippen LogP contribution in [0.25, 0.3) is 10.9 Å². The zero-order chi connectivity index (χ0) is 17.4. The normalized spacial score (nSPS) is 14.2. The molecule has 0 saturated carbocycles. The number of rotatable bonds is 3. The van der Waals surface area contributed by atoms with Crippen LogP contribution in [0.5, 0.6) is 0 Å². The Morgan fingerprint density at radius 2 is 1.62 bits per heavy atom. The van der Waals surface area contributed by atoms with E-state index in [0.717, 1.165) is 37.5 Å². The van der Waals surface area contributed by atoms with Crippen LogP contribution in [0.1, 0.15) is 0 Å². The largest absolute Gasteiger partial charge is 0.545 e.